The van der Waals surface area contributed by atoms with Gasteiger partial charge in [0.2, 0.25) is 0 Å². The van der Waals surface area contributed by atoms with Gasteiger partial charge in [-0.3, -0.25) is 4.79 Å². The Balaban J connectivity index is 1.87. The highest BCUT2D eigenvalue weighted by Crippen LogP contribution is 2.08. The fraction of sp³-hybridized carbons (Fsp3) is 0.0500. The molecule has 0 amide bonds. The Bertz CT molecular complexity index is 649. The van der Waals surface area contributed by atoms with Gasteiger partial charge in [0.1, 0.15) is 0 Å². The highest BCUT2D eigenvalue weighted by molar-refractivity contribution is 6.06. The molecule has 2 aromatic rings. The first-order valence-corrected chi connectivity index (χ1v) is 6.92. The van der Waals surface area contributed by atoms with E-state index in [-0.39, 0.29) is 5.78 Å². The molecule has 0 bridgehead atoms. The quantitative estimate of drug-likeness (QED) is 0.683. The van der Waals surface area contributed by atoms with E-state index in [0.29, 0.717) is 12.0 Å². The van der Waals surface area contributed by atoms with Crippen LogP contribution in [0.2, 0.25) is 0 Å². The summed E-state index contributed by atoms with van der Waals surface area (Å²) in [6.07, 6.45) is 7.92. The normalized spacial score (nSPS) is 11.0. The number of carbonyl (C=O) groups excluding carboxylic acids is 1. The number of benzene rings is 2. The first-order chi connectivity index (χ1) is 10.3. The smallest absolute Gasteiger partial charge is 0.181 e. The molecular weight excluding hydrogens is 256 g/mol. The third-order valence-corrected chi connectivity index (χ3v) is 3.05. The van der Waals surface area contributed by atoms with Crippen LogP contribution < -0.4 is 0 Å². The summed E-state index contributed by atoms with van der Waals surface area (Å²) in [7, 11) is 0. The average Bonchev–Trinajstić information content (AvgIpc) is 2.54. The van der Waals surface area contributed by atoms with Crippen molar-refractivity contribution in [1.29, 1.82) is 0 Å². The van der Waals surface area contributed by atoms with Crippen LogP contribution in [0.1, 0.15) is 17.5 Å². The van der Waals surface area contributed by atoms with E-state index in [1.54, 1.807) is 6.08 Å². The molecule has 0 heterocycles. The summed E-state index contributed by atoms with van der Waals surface area (Å²) < 4.78 is 0. The van der Waals surface area contributed by atoms with Crippen molar-refractivity contribution >= 4 is 17.9 Å². The van der Waals surface area contributed by atoms with E-state index >= 15 is 0 Å². The molecule has 0 unspecified atom stereocenters. The van der Waals surface area contributed by atoms with Crippen LogP contribution in [0.5, 0.6) is 0 Å². The minimum atomic E-state index is -0.0310. The molecule has 104 valence electrons. The maximum atomic E-state index is 11.9. The Hall–Kier alpha value is -2.67. The maximum Gasteiger partial charge on any atom is 0.181 e. The molecule has 2 rings (SSSR count). The van der Waals surface area contributed by atoms with Crippen molar-refractivity contribution in [1.82, 2.24) is 0 Å². The SMILES string of the molecule is C=C(C/C=C/c1ccccc1)C(=O)/C=C/c1ccccc1. The van der Waals surface area contributed by atoms with E-state index in [0.717, 1.165) is 11.1 Å². The molecule has 0 radical (unpaired) electrons. The molecule has 0 atom stereocenters. The summed E-state index contributed by atoms with van der Waals surface area (Å²) in [6.45, 7) is 3.85. The van der Waals surface area contributed by atoms with Gasteiger partial charge in [-0.25, -0.2) is 0 Å². The number of hydrogen-bond donors (Lipinski definition) is 0. The predicted molar refractivity (Wildman–Crippen MR) is 89.7 cm³/mol. The zero-order valence-corrected chi connectivity index (χ0v) is 11.9. The fourth-order valence-electron chi connectivity index (χ4n) is 1.86. The first kappa shape index (κ1) is 14.7. The predicted octanol–water partition coefficient (Wildman–Crippen LogP) is 4.93. The van der Waals surface area contributed by atoms with E-state index in [1.165, 1.54) is 0 Å². The van der Waals surface area contributed by atoms with Crippen LogP contribution in [0.4, 0.5) is 0 Å². The molecule has 0 aliphatic carbocycles. The van der Waals surface area contributed by atoms with Gasteiger partial charge >= 0.3 is 0 Å². The molecule has 0 aliphatic heterocycles. The summed E-state index contributed by atoms with van der Waals surface area (Å²) in [5, 5.41) is 0. The van der Waals surface area contributed by atoms with E-state index < -0.39 is 0 Å². The van der Waals surface area contributed by atoms with Gasteiger partial charge in [-0.15, -0.1) is 0 Å². The Morgan fingerprint density at radius 3 is 1.95 bits per heavy atom. The lowest BCUT2D eigenvalue weighted by molar-refractivity contribution is -0.111. The summed E-state index contributed by atoms with van der Waals surface area (Å²) in [6, 6.07) is 19.8. The number of allylic oxidation sites excluding steroid dienone is 3. The summed E-state index contributed by atoms with van der Waals surface area (Å²) in [5.74, 6) is -0.0310. The molecule has 1 nitrogen and oxygen atoms in total. The molecule has 0 saturated heterocycles. The van der Waals surface area contributed by atoms with Gasteiger partial charge in [-0.2, -0.15) is 0 Å². The molecule has 0 aliphatic rings. The first-order valence-electron chi connectivity index (χ1n) is 6.92. The molecule has 1 heteroatoms. The van der Waals surface area contributed by atoms with Crippen molar-refractivity contribution in [3.63, 3.8) is 0 Å². The van der Waals surface area contributed by atoms with Crippen molar-refractivity contribution in [2.45, 2.75) is 6.42 Å². The van der Waals surface area contributed by atoms with Gasteiger partial charge in [0.15, 0.2) is 5.78 Å². The monoisotopic (exact) mass is 274 g/mol. The second-order valence-corrected chi connectivity index (χ2v) is 4.73. The van der Waals surface area contributed by atoms with Crippen molar-refractivity contribution in [3.05, 3.63) is 96.1 Å². The van der Waals surface area contributed by atoms with Crippen LogP contribution in [0, 0.1) is 0 Å². The van der Waals surface area contributed by atoms with Gasteiger partial charge in [-0.1, -0.05) is 85.5 Å². The third-order valence-electron chi connectivity index (χ3n) is 3.05. The van der Waals surface area contributed by atoms with Gasteiger partial charge in [0.25, 0.3) is 0 Å². The largest absolute Gasteiger partial charge is 0.290 e. The lowest BCUT2D eigenvalue weighted by Crippen LogP contribution is -1.95. The lowest BCUT2D eigenvalue weighted by atomic mass is 10.1. The van der Waals surface area contributed by atoms with Gasteiger partial charge < -0.3 is 0 Å². The number of hydrogen-bond acceptors (Lipinski definition) is 1. The Morgan fingerprint density at radius 2 is 1.38 bits per heavy atom. The van der Waals surface area contributed by atoms with Gasteiger partial charge in [-0.05, 0) is 29.2 Å². The molecule has 0 fully saturated rings. The van der Waals surface area contributed by atoms with Crippen LogP contribution in [-0.4, -0.2) is 5.78 Å². The maximum absolute atomic E-state index is 11.9. The molecule has 0 saturated carbocycles. The summed E-state index contributed by atoms with van der Waals surface area (Å²) in [4.78, 5) is 11.9. The number of ketones is 1. The van der Waals surface area contributed by atoms with E-state index in [2.05, 4.69) is 6.58 Å². The summed E-state index contributed by atoms with van der Waals surface area (Å²) in [5.41, 5.74) is 2.73. The second-order valence-electron chi connectivity index (χ2n) is 4.73. The summed E-state index contributed by atoms with van der Waals surface area (Å²) >= 11 is 0. The molecule has 0 spiro atoms. The molecule has 21 heavy (non-hydrogen) atoms. The van der Waals surface area contributed by atoms with Gasteiger partial charge in [0, 0.05) is 0 Å². The van der Waals surface area contributed by atoms with Crippen molar-refractivity contribution in [2.75, 3.05) is 0 Å². The van der Waals surface area contributed by atoms with Crippen LogP contribution in [0.15, 0.2) is 85.0 Å². The topological polar surface area (TPSA) is 17.1 Å². The highest BCUT2D eigenvalue weighted by atomic mass is 16.1. The number of carbonyl (C=O) groups is 1. The van der Waals surface area contributed by atoms with Crippen molar-refractivity contribution < 1.29 is 4.79 Å². The number of rotatable bonds is 6. The minimum absolute atomic E-state index is 0.0310. The molecule has 0 aromatic heterocycles. The van der Waals surface area contributed by atoms with Crippen LogP contribution >= 0.6 is 0 Å². The van der Waals surface area contributed by atoms with Crippen molar-refractivity contribution in [2.24, 2.45) is 0 Å². The standard InChI is InChI=1S/C20H18O/c1-17(9-8-14-18-10-4-2-5-11-18)20(21)16-15-19-12-6-3-7-13-19/h2-8,10-16H,1,9H2/b14-8+,16-15+. The highest BCUT2D eigenvalue weighted by Gasteiger charge is 2.00. The Kier molecular flexibility index (Phi) is 5.48. The zero-order valence-electron chi connectivity index (χ0n) is 11.9. The van der Waals surface area contributed by atoms with E-state index in [4.69, 9.17) is 0 Å². The van der Waals surface area contributed by atoms with Crippen molar-refractivity contribution in [3.8, 4) is 0 Å². The third kappa shape index (κ3) is 5.07. The van der Waals surface area contributed by atoms with E-state index in [1.807, 2.05) is 78.9 Å². The average molecular weight is 274 g/mol. The Labute approximate surface area is 126 Å². The Morgan fingerprint density at radius 1 is 0.857 bits per heavy atom. The van der Waals surface area contributed by atoms with Crippen LogP contribution in [0.3, 0.4) is 0 Å². The van der Waals surface area contributed by atoms with Gasteiger partial charge in [0.05, 0.1) is 0 Å². The van der Waals surface area contributed by atoms with Crippen LogP contribution in [0.25, 0.3) is 12.2 Å². The molecule has 2 aromatic carbocycles. The second kappa shape index (κ2) is 7.81. The van der Waals surface area contributed by atoms with E-state index in [9.17, 15) is 4.79 Å². The molecular formula is C20H18O. The molecule has 0 N–H and O–H groups in total. The van der Waals surface area contributed by atoms with Crippen LogP contribution in [-0.2, 0) is 4.79 Å². The zero-order chi connectivity index (χ0) is 14.9. The fourth-order valence-corrected chi connectivity index (χ4v) is 1.86. The lowest BCUT2D eigenvalue weighted by Gasteiger charge is -1.97. The minimum Gasteiger partial charge on any atom is -0.290 e.